The normalized spacial score (nSPS) is 10.0. The maximum Gasteiger partial charge on any atom is 0.337 e. The third kappa shape index (κ3) is 3.45. The molecule has 22 heavy (non-hydrogen) atoms. The van der Waals surface area contributed by atoms with Gasteiger partial charge in [0.05, 0.1) is 21.7 Å². The lowest BCUT2D eigenvalue weighted by Crippen LogP contribution is -2.10. The second-order valence-electron chi connectivity index (χ2n) is 4.52. The molecule has 0 bridgehead atoms. The van der Waals surface area contributed by atoms with Gasteiger partial charge in [0.2, 0.25) is 5.91 Å². The van der Waals surface area contributed by atoms with Gasteiger partial charge in [-0.25, -0.2) is 4.79 Å². The number of carbonyl (C=O) groups excluding carboxylic acids is 1. The molecule has 112 valence electrons. The van der Waals surface area contributed by atoms with E-state index >= 15 is 0 Å². The van der Waals surface area contributed by atoms with E-state index in [1.54, 1.807) is 30.3 Å². The average Bonchev–Trinajstić information content (AvgIpc) is 3.09. The summed E-state index contributed by atoms with van der Waals surface area (Å²) in [6, 6.07) is 11.3. The quantitative estimate of drug-likeness (QED) is 0.571. The van der Waals surface area contributed by atoms with Gasteiger partial charge in [0.25, 0.3) is 5.69 Å². The summed E-state index contributed by atoms with van der Waals surface area (Å²) in [5.74, 6) is -1.34. The number of nitrogens with one attached hydrogen (secondary N) is 1. The third-order valence-electron chi connectivity index (χ3n) is 2.89. The zero-order valence-electron chi connectivity index (χ0n) is 11.6. The van der Waals surface area contributed by atoms with Crippen LogP contribution in [0.15, 0.2) is 42.5 Å². The number of benzene rings is 2. The molecule has 0 fully saturated rings. The Labute approximate surface area is 125 Å². The molecule has 2 aliphatic carbocycles. The topological polar surface area (TPSA) is 110 Å². The first kappa shape index (κ1) is 15.2. The molecule has 0 heterocycles. The van der Waals surface area contributed by atoms with Crippen molar-refractivity contribution >= 4 is 23.3 Å². The fourth-order valence-corrected chi connectivity index (χ4v) is 1.87. The number of hydrogen-bond donors (Lipinski definition) is 2. The summed E-state index contributed by atoms with van der Waals surface area (Å²) in [4.78, 5) is 31.1. The Hall–Kier alpha value is -3.22. The number of nitro groups is 1. The van der Waals surface area contributed by atoms with Gasteiger partial charge in [-0.15, -0.1) is 0 Å². The molecule has 0 unspecified atom stereocenters. The number of aromatic carboxylic acids is 1. The summed E-state index contributed by atoms with van der Waals surface area (Å²) in [6.07, 6.45) is 0. The van der Waals surface area contributed by atoms with Crippen molar-refractivity contribution in [3.8, 4) is 11.1 Å². The van der Waals surface area contributed by atoms with Crippen LogP contribution in [0.4, 0.5) is 11.4 Å². The van der Waals surface area contributed by atoms with Crippen LogP contribution < -0.4 is 5.32 Å². The van der Waals surface area contributed by atoms with Gasteiger partial charge in [-0.05, 0) is 29.8 Å². The van der Waals surface area contributed by atoms with E-state index in [0.29, 0.717) is 5.69 Å². The highest BCUT2D eigenvalue weighted by Gasteiger charge is 2.24. The van der Waals surface area contributed by atoms with E-state index in [2.05, 4.69) is 5.32 Å². The fourth-order valence-electron chi connectivity index (χ4n) is 1.87. The van der Waals surface area contributed by atoms with Gasteiger partial charge in [-0.3, -0.25) is 14.9 Å². The molecule has 0 spiro atoms. The van der Waals surface area contributed by atoms with Gasteiger partial charge in [0, 0.05) is 13.0 Å². The minimum atomic E-state index is -1.05. The highest BCUT2D eigenvalue weighted by molar-refractivity contribution is 5.99. The second-order valence-corrected chi connectivity index (χ2v) is 4.52. The van der Waals surface area contributed by atoms with Crippen LogP contribution in [0.5, 0.6) is 0 Å². The van der Waals surface area contributed by atoms with Crippen molar-refractivity contribution in [1.29, 1.82) is 0 Å². The van der Waals surface area contributed by atoms with Crippen LogP contribution >= 0.6 is 0 Å². The van der Waals surface area contributed by atoms with E-state index in [1.165, 1.54) is 19.1 Å². The molecular weight excluding hydrogens is 288 g/mol. The third-order valence-corrected chi connectivity index (χ3v) is 2.89. The highest BCUT2D eigenvalue weighted by atomic mass is 16.6. The van der Waals surface area contributed by atoms with Crippen LogP contribution in [0.2, 0.25) is 0 Å². The molecule has 2 aliphatic rings. The summed E-state index contributed by atoms with van der Waals surface area (Å²) in [5.41, 5.74) is 2.48. The van der Waals surface area contributed by atoms with E-state index in [0.717, 1.165) is 11.1 Å². The molecular formula is C15H12N2O5. The highest BCUT2D eigenvalue weighted by Crippen LogP contribution is 2.42. The second kappa shape index (κ2) is 6.04. The minimum absolute atomic E-state index is 0.0951. The Bertz CT molecular complexity index is 770. The van der Waals surface area contributed by atoms with Crippen LogP contribution in [-0.4, -0.2) is 21.9 Å². The summed E-state index contributed by atoms with van der Waals surface area (Å²) in [7, 11) is 0. The molecule has 0 aromatic heterocycles. The molecule has 1 amide bonds. The largest absolute Gasteiger partial charge is 0.478 e. The van der Waals surface area contributed by atoms with Crippen LogP contribution in [0, 0.1) is 10.1 Å². The monoisotopic (exact) mass is 300 g/mol. The van der Waals surface area contributed by atoms with E-state index < -0.39 is 5.97 Å². The lowest BCUT2D eigenvalue weighted by molar-refractivity contribution is -0.383. The standard InChI is InChI=1S/C9H9NO3.C6H3NO2/c1-6(11)10-8-5-3-2-4-7(8)9(12)13;8-7(9)6-2-1-4-3-5(4)6/h2-5H,1H3,(H,10,11)(H,12,13);1-3H. The predicted octanol–water partition coefficient (Wildman–Crippen LogP) is 2.92. The first-order valence-electron chi connectivity index (χ1n) is 6.29. The minimum Gasteiger partial charge on any atom is -0.478 e. The molecule has 0 radical (unpaired) electrons. The smallest absolute Gasteiger partial charge is 0.337 e. The summed E-state index contributed by atoms with van der Waals surface area (Å²) < 4.78 is 0. The predicted molar refractivity (Wildman–Crippen MR) is 79.8 cm³/mol. The van der Waals surface area contributed by atoms with Crippen LogP contribution in [0.1, 0.15) is 17.3 Å². The van der Waals surface area contributed by atoms with Crippen LogP contribution in [0.3, 0.4) is 0 Å². The zero-order valence-corrected chi connectivity index (χ0v) is 11.6. The number of para-hydroxylation sites is 1. The lowest BCUT2D eigenvalue weighted by Gasteiger charge is -2.04. The molecule has 3 rings (SSSR count). The Morgan fingerprint density at radius 3 is 2.27 bits per heavy atom. The molecule has 0 saturated heterocycles. The van der Waals surface area contributed by atoms with Gasteiger partial charge in [0.15, 0.2) is 0 Å². The van der Waals surface area contributed by atoms with Gasteiger partial charge >= 0.3 is 5.97 Å². The van der Waals surface area contributed by atoms with Crippen molar-refractivity contribution in [3.05, 3.63) is 58.1 Å². The van der Waals surface area contributed by atoms with E-state index in [1.807, 2.05) is 0 Å². The number of nitrogens with zero attached hydrogens (tertiary/aromatic N) is 1. The number of carbonyl (C=O) groups is 2. The van der Waals surface area contributed by atoms with Crippen molar-refractivity contribution in [2.24, 2.45) is 0 Å². The van der Waals surface area contributed by atoms with Gasteiger partial charge in [0.1, 0.15) is 0 Å². The summed E-state index contributed by atoms with van der Waals surface area (Å²) >= 11 is 0. The maximum atomic E-state index is 10.7. The Morgan fingerprint density at radius 1 is 1.18 bits per heavy atom. The van der Waals surface area contributed by atoms with Crippen molar-refractivity contribution in [1.82, 2.24) is 0 Å². The molecule has 0 atom stereocenters. The van der Waals surface area contributed by atoms with Crippen molar-refractivity contribution in [3.63, 3.8) is 0 Å². The number of anilines is 1. The maximum absolute atomic E-state index is 10.7. The number of rotatable bonds is 3. The molecule has 1 aromatic carbocycles. The summed E-state index contributed by atoms with van der Waals surface area (Å²) in [6.45, 7) is 1.33. The molecule has 2 N–H and O–H groups in total. The Kier molecular flexibility index (Phi) is 4.17. The van der Waals surface area contributed by atoms with Crippen molar-refractivity contribution in [2.45, 2.75) is 6.92 Å². The van der Waals surface area contributed by atoms with Crippen molar-refractivity contribution < 1.29 is 19.6 Å². The number of carboxylic acids is 1. The Morgan fingerprint density at radius 2 is 1.86 bits per heavy atom. The van der Waals surface area contributed by atoms with E-state index in [-0.39, 0.29) is 22.1 Å². The number of carboxylic acid groups (broad SMARTS) is 1. The molecule has 1 aromatic rings. The number of fused-ring (bicyclic) bond motifs is 1. The first-order chi connectivity index (χ1) is 10.4. The first-order valence-corrected chi connectivity index (χ1v) is 6.29. The zero-order chi connectivity index (χ0) is 16.3. The molecule has 0 aliphatic heterocycles. The Balaban J connectivity index is 0.000000170. The van der Waals surface area contributed by atoms with Gasteiger partial charge in [-0.2, -0.15) is 0 Å². The van der Waals surface area contributed by atoms with Gasteiger partial charge in [-0.1, -0.05) is 12.1 Å². The molecule has 0 saturated carbocycles. The molecule has 7 nitrogen and oxygen atoms in total. The number of amides is 1. The lowest BCUT2D eigenvalue weighted by atomic mass is 10.2. The van der Waals surface area contributed by atoms with Crippen LogP contribution in [-0.2, 0) is 4.79 Å². The van der Waals surface area contributed by atoms with Gasteiger partial charge < -0.3 is 10.4 Å². The SMILES string of the molecule is CC(=O)Nc1ccccc1C(=O)O.O=[N+]([O-])c1ccc2cc1-2. The summed E-state index contributed by atoms with van der Waals surface area (Å²) in [5, 5.41) is 21.3. The fraction of sp³-hybridized carbons (Fsp3) is 0.0667. The van der Waals surface area contributed by atoms with Crippen molar-refractivity contribution in [2.75, 3.05) is 5.32 Å². The van der Waals surface area contributed by atoms with Crippen LogP contribution in [0.25, 0.3) is 11.1 Å². The molecule has 7 heteroatoms. The average molecular weight is 300 g/mol. The van der Waals surface area contributed by atoms with E-state index in [4.69, 9.17) is 5.11 Å². The van der Waals surface area contributed by atoms with E-state index in [9.17, 15) is 19.7 Å². The number of nitro benzene ring substituents is 1. The number of hydrogen-bond acceptors (Lipinski definition) is 4.